The number of hydrogen-bond donors (Lipinski definition) is 1. The van der Waals surface area contributed by atoms with Gasteiger partial charge in [0.2, 0.25) is 0 Å². The summed E-state index contributed by atoms with van der Waals surface area (Å²) in [5.41, 5.74) is 4.87. The van der Waals surface area contributed by atoms with Crippen LogP contribution in [0.25, 0.3) is 0 Å². The molecule has 360 valence electrons. The van der Waals surface area contributed by atoms with Crippen molar-refractivity contribution in [1.82, 2.24) is 0 Å². The molecule has 2 saturated heterocycles. The molecule has 12 nitrogen and oxygen atoms in total. The molecule has 69 heavy (non-hydrogen) atoms. The second-order valence-corrected chi connectivity index (χ2v) is 16.8. The van der Waals surface area contributed by atoms with E-state index in [0.717, 1.165) is 27.8 Å². The zero-order chi connectivity index (χ0) is 47.5. The Bertz CT molecular complexity index is 2380. The van der Waals surface area contributed by atoms with E-state index in [-0.39, 0.29) is 52.9 Å². The van der Waals surface area contributed by atoms with Crippen LogP contribution in [0.5, 0.6) is 0 Å². The first kappa shape index (κ1) is 49.5. The van der Waals surface area contributed by atoms with Gasteiger partial charge in [-0.15, -0.1) is 6.58 Å². The van der Waals surface area contributed by atoms with E-state index in [4.69, 9.17) is 47.4 Å². The van der Waals surface area contributed by atoms with E-state index >= 15 is 0 Å². The van der Waals surface area contributed by atoms with Crippen LogP contribution >= 0.6 is 0 Å². The first-order valence-corrected chi connectivity index (χ1v) is 23.4. The van der Waals surface area contributed by atoms with Crippen molar-refractivity contribution in [3.05, 3.63) is 228 Å². The van der Waals surface area contributed by atoms with Crippen molar-refractivity contribution in [3.8, 4) is 0 Å². The van der Waals surface area contributed by atoms with Crippen molar-refractivity contribution < 1.29 is 57.3 Å². The van der Waals surface area contributed by atoms with Crippen molar-refractivity contribution >= 4 is 5.97 Å². The van der Waals surface area contributed by atoms with E-state index in [2.05, 4.69) is 6.58 Å². The Morgan fingerprint density at radius 1 is 0.464 bits per heavy atom. The molecule has 6 aromatic carbocycles. The molecular formula is C57H60O12. The van der Waals surface area contributed by atoms with Gasteiger partial charge >= 0.3 is 5.97 Å². The Kier molecular flexibility index (Phi) is 18.8. The molecule has 12 heteroatoms. The summed E-state index contributed by atoms with van der Waals surface area (Å²) in [5.74, 6) is -0.617. The molecular weight excluding hydrogens is 877 g/mol. The average Bonchev–Trinajstić information content (AvgIpc) is 3.40. The highest BCUT2D eigenvalue weighted by molar-refractivity contribution is 5.89. The summed E-state index contributed by atoms with van der Waals surface area (Å²) in [7, 11) is 0. The van der Waals surface area contributed by atoms with Gasteiger partial charge in [-0.05, 0) is 39.9 Å². The van der Waals surface area contributed by atoms with E-state index in [1.54, 1.807) is 30.3 Å². The molecule has 0 aromatic heterocycles. The SMILES string of the molecule is C=CCO[C@@H]1O[C@H](COCc2ccccc2)[C@@H](O[C@@H]2O[C@H](COCc3ccccc3)[C@@H](O)[C@H](OCc3ccccc3)[C@@H]2OCc2ccccc2)[C@H](OCc2ccccc2)[C@H]1OC(=O)c1ccccc1. The largest absolute Gasteiger partial charge is 0.450 e. The van der Waals surface area contributed by atoms with E-state index < -0.39 is 67.4 Å². The van der Waals surface area contributed by atoms with Gasteiger partial charge in [0.25, 0.3) is 0 Å². The molecule has 8 rings (SSSR count). The highest BCUT2D eigenvalue weighted by Crippen LogP contribution is 2.36. The standard InChI is InChI=1S/C57H60O12/c1-2-33-62-56-54(68-55(59)46-31-19-8-20-32-46)52(64-37-44-27-15-6-16-28-44)50(48(67-56)40-61-35-42-23-11-4-12-24-42)69-57-53(65-38-45-29-17-7-18-30-45)51(63-36-43-25-13-5-14-26-43)49(58)47(66-57)39-60-34-41-21-9-3-10-22-41/h2-32,47-54,56-58H,1,33-40H2/t47-,48-,49-,50-,51+,52+,53+,54-,56-,57+/m1/s1. The molecule has 0 saturated carbocycles. The lowest BCUT2D eigenvalue weighted by molar-refractivity contribution is -0.370. The van der Waals surface area contributed by atoms with E-state index in [9.17, 15) is 9.90 Å². The Morgan fingerprint density at radius 2 is 0.870 bits per heavy atom. The number of aliphatic hydroxyl groups excluding tert-OH is 1. The molecule has 10 atom stereocenters. The van der Waals surface area contributed by atoms with Crippen LogP contribution in [-0.4, -0.2) is 92.3 Å². The van der Waals surface area contributed by atoms with Gasteiger partial charge in [0.1, 0.15) is 42.7 Å². The Hall–Kier alpha value is -5.87. The van der Waals surface area contributed by atoms with Crippen LogP contribution in [0.3, 0.4) is 0 Å². The Balaban J connectivity index is 1.18. The van der Waals surface area contributed by atoms with E-state index in [0.29, 0.717) is 5.56 Å². The summed E-state index contributed by atoms with van der Waals surface area (Å²) < 4.78 is 66.5. The third-order valence-corrected chi connectivity index (χ3v) is 11.8. The highest BCUT2D eigenvalue weighted by Gasteiger charge is 2.55. The summed E-state index contributed by atoms with van der Waals surface area (Å²) >= 11 is 0. The monoisotopic (exact) mass is 936 g/mol. The van der Waals surface area contributed by atoms with Crippen LogP contribution in [0.15, 0.2) is 195 Å². The zero-order valence-corrected chi connectivity index (χ0v) is 38.5. The number of benzene rings is 6. The third kappa shape index (κ3) is 14.3. The molecule has 0 aliphatic carbocycles. The normalized spacial score (nSPS) is 24.6. The van der Waals surface area contributed by atoms with Crippen LogP contribution in [0.1, 0.15) is 38.2 Å². The second-order valence-electron chi connectivity index (χ2n) is 16.8. The van der Waals surface area contributed by atoms with Gasteiger partial charge in [-0.2, -0.15) is 0 Å². The second kappa shape index (κ2) is 26.2. The summed E-state index contributed by atoms with van der Waals surface area (Å²) in [6.45, 7) is 4.86. The maximum absolute atomic E-state index is 14.1. The number of aliphatic hydroxyl groups is 1. The smallest absolute Gasteiger partial charge is 0.338 e. The number of ether oxygens (including phenoxy) is 10. The number of rotatable bonds is 24. The lowest BCUT2D eigenvalue weighted by Crippen LogP contribution is -2.66. The quantitative estimate of drug-likeness (QED) is 0.0460. The number of esters is 1. The molecule has 0 bridgehead atoms. The van der Waals surface area contributed by atoms with Crippen LogP contribution in [0.2, 0.25) is 0 Å². The summed E-state index contributed by atoms with van der Waals surface area (Å²) in [4.78, 5) is 14.1. The van der Waals surface area contributed by atoms with Gasteiger partial charge < -0.3 is 52.5 Å². The summed E-state index contributed by atoms with van der Waals surface area (Å²) in [5, 5.41) is 12.3. The van der Waals surface area contributed by atoms with Gasteiger partial charge in [0.05, 0.1) is 58.4 Å². The van der Waals surface area contributed by atoms with Crippen LogP contribution in [-0.2, 0) is 80.4 Å². The average molecular weight is 937 g/mol. The lowest BCUT2D eigenvalue weighted by Gasteiger charge is -2.49. The predicted octanol–water partition coefficient (Wildman–Crippen LogP) is 8.80. The fourth-order valence-corrected chi connectivity index (χ4v) is 8.25. The lowest BCUT2D eigenvalue weighted by atomic mass is 9.96. The molecule has 2 heterocycles. The highest BCUT2D eigenvalue weighted by atomic mass is 16.8. The first-order valence-electron chi connectivity index (χ1n) is 23.4. The molecule has 2 fully saturated rings. The number of hydrogen-bond acceptors (Lipinski definition) is 12. The molecule has 2 aliphatic heterocycles. The maximum atomic E-state index is 14.1. The fraction of sp³-hybridized carbons (Fsp3) is 0.316. The molecule has 0 spiro atoms. The van der Waals surface area contributed by atoms with Crippen molar-refractivity contribution in [2.75, 3.05) is 19.8 Å². The number of carbonyl (C=O) groups is 1. The number of carbonyl (C=O) groups excluding carboxylic acids is 1. The van der Waals surface area contributed by atoms with Crippen molar-refractivity contribution in [3.63, 3.8) is 0 Å². The van der Waals surface area contributed by atoms with Crippen LogP contribution in [0, 0.1) is 0 Å². The fourth-order valence-electron chi connectivity index (χ4n) is 8.25. The van der Waals surface area contributed by atoms with E-state index in [1.165, 1.54) is 0 Å². The third-order valence-electron chi connectivity index (χ3n) is 11.8. The van der Waals surface area contributed by atoms with Crippen LogP contribution in [0.4, 0.5) is 0 Å². The minimum Gasteiger partial charge on any atom is -0.450 e. The van der Waals surface area contributed by atoms with Gasteiger partial charge in [-0.3, -0.25) is 0 Å². The molecule has 6 aromatic rings. The summed E-state index contributed by atoms with van der Waals surface area (Å²) in [6.07, 6.45) is -9.24. The summed E-state index contributed by atoms with van der Waals surface area (Å²) in [6, 6.07) is 57.3. The Morgan fingerprint density at radius 3 is 1.35 bits per heavy atom. The molecule has 2 aliphatic rings. The molecule has 0 unspecified atom stereocenters. The van der Waals surface area contributed by atoms with Crippen LogP contribution < -0.4 is 0 Å². The Labute approximate surface area is 404 Å². The van der Waals surface area contributed by atoms with Gasteiger partial charge in [-0.25, -0.2) is 4.79 Å². The molecule has 0 amide bonds. The van der Waals surface area contributed by atoms with Gasteiger partial charge in [0, 0.05) is 0 Å². The topological polar surface area (TPSA) is 130 Å². The van der Waals surface area contributed by atoms with Crippen molar-refractivity contribution in [2.24, 2.45) is 0 Å². The minimum atomic E-state index is -1.24. The van der Waals surface area contributed by atoms with Crippen molar-refractivity contribution in [1.29, 1.82) is 0 Å². The molecule has 0 radical (unpaired) electrons. The first-order chi connectivity index (χ1) is 34.0. The molecule has 1 N–H and O–H groups in total. The maximum Gasteiger partial charge on any atom is 0.338 e. The minimum absolute atomic E-state index is 0.000490. The van der Waals surface area contributed by atoms with Gasteiger partial charge in [0.15, 0.2) is 18.7 Å². The van der Waals surface area contributed by atoms with E-state index in [1.807, 2.05) is 158 Å². The van der Waals surface area contributed by atoms with Crippen molar-refractivity contribution in [2.45, 2.75) is 94.4 Å². The van der Waals surface area contributed by atoms with Gasteiger partial charge in [-0.1, -0.05) is 176 Å². The zero-order valence-electron chi connectivity index (χ0n) is 38.5. The predicted molar refractivity (Wildman–Crippen MR) is 257 cm³/mol.